The van der Waals surface area contributed by atoms with Gasteiger partial charge in [0.1, 0.15) is 22.8 Å². The normalized spacial score (nSPS) is 16.3. The van der Waals surface area contributed by atoms with E-state index >= 15 is 0 Å². The molecule has 1 amide bonds. The molecule has 1 fully saturated rings. The van der Waals surface area contributed by atoms with Crippen LogP contribution in [0, 0.1) is 0 Å². The highest BCUT2D eigenvalue weighted by Crippen LogP contribution is 2.28. The molecule has 0 unspecified atom stereocenters. The zero-order chi connectivity index (χ0) is 17.1. The van der Waals surface area contributed by atoms with Crippen LogP contribution in [0.4, 0.5) is 5.69 Å². The monoisotopic (exact) mass is 340 g/mol. The summed E-state index contributed by atoms with van der Waals surface area (Å²) in [6.45, 7) is 5.68. The molecule has 0 radical (unpaired) electrons. The lowest BCUT2D eigenvalue weighted by Crippen LogP contribution is -2.30. The first kappa shape index (κ1) is 17.7. The maximum Gasteiger partial charge on any atom is 0.239 e. The molecule has 0 saturated heterocycles. The number of nitrogens with one attached hydrogen (secondary N) is 1. The molecule has 1 saturated carbocycles. The van der Waals surface area contributed by atoms with Crippen LogP contribution in [0.5, 0.6) is 5.75 Å². The van der Waals surface area contributed by atoms with Crippen LogP contribution in [0.25, 0.3) is 0 Å². The van der Waals surface area contributed by atoms with Gasteiger partial charge in [0.25, 0.3) is 0 Å². The first-order valence-electron chi connectivity index (χ1n) is 7.82. The molecule has 0 spiro atoms. The number of anilines is 1. The molecule has 0 aromatic carbocycles. The van der Waals surface area contributed by atoms with Gasteiger partial charge in [-0.1, -0.05) is 12.8 Å². The van der Waals surface area contributed by atoms with Gasteiger partial charge in [0.15, 0.2) is 9.84 Å². The summed E-state index contributed by atoms with van der Waals surface area (Å²) in [5.74, 6) is -0.579. The number of hydrogen-bond donors (Lipinski definition) is 1. The van der Waals surface area contributed by atoms with Gasteiger partial charge in [0, 0.05) is 12.3 Å². The van der Waals surface area contributed by atoms with E-state index in [4.69, 9.17) is 4.74 Å². The predicted octanol–water partition coefficient (Wildman–Crippen LogP) is 2.55. The molecule has 1 aliphatic carbocycles. The van der Waals surface area contributed by atoms with Crippen LogP contribution in [0.1, 0.15) is 46.5 Å². The number of carbonyl (C=O) groups is 1. The molecule has 128 valence electrons. The van der Waals surface area contributed by atoms with Crippen LogP contribution in [-0.4, -0.2) is 35.9 Å². The standard InChI is InChI=1S/C16H24N2O4S/c1-16(2,3)22-14-8-9-17-10-13(14)18-15(19)11-23(20,21)12-6-4-5-7-12/h8-10,12H,4-7,11H2,1-3H3,(H,18,19). The number of carbonyl (C=O) groups excluding carboxylic acids is 1. The Kier molecular flexibility index (Phi) is 5.29. The van der Waals surface area contributed by atoms with Crippen LogP contribution < -0.4 is 10.1 Å². The van der Waals surface area contributed by atoms with Crippen molar-refractivity contribution in [3.8, 4) is 5.75 Å². The van der Waals surface area contributed by atoms with E-state index in [1.165, 1.54) is 6.20 Å². The third-order valence-corrected chi connectivity index (χ3v) is 5.77. The van der Waals surface area contributed by atoms with Crippen LogP contribution in [0.15, 0.2) is 18.5 Å². The lowest BCUT2D eigenvalue weighted by atomic mass is 10.2. The van der Waals surface area contributed by atoms with E-state index < -0.39 is 27.1 Å². The van der Waals surface area contributed by atoms with E-state index in [1.807, 2.05) is 20.8 Å². The van der Waals surface area contributed by atoms with Crippen LogP contribution >= 0.6 is 0 Å². The minimum Gasteiger partial charge on any atom is -0.486 e. The Morgan fingerprint density at radius 1 is 1.35 bits per heavy atom. The fourth-order valence-corrected chi connectivity index (χ4v) is 4.35. The van der Waals surface area contributed by atoms with Gasteiger partial charge in [-0.3, -0.25) is 9.78 Å². The first-order chi connectivity index (χ1) is 10.7. The van der Waals surface area contributed by atoms with Crippen molar-refractivity contribution in [1.82, 2.24) is 4.98 Å². The van der Waals surface area contributed by atoms with E-state index in [0.29, 0.717) is 24.3 Å². The number of amides is 1. The molecule has 1 heterocycles. The highest BCUT2D eigenvalue weighted by Gasteiger charge is 2.30. The highest BCUT2D eigenvalue weighted by atomic mass is 32.2. The molecule has 1 aromatic rings. The average molecular weight is 340 g/mol. The number of aromatic nitrogens is 1. The van der Waals surface area contributed by atoms with Crippen molar-refractivity contribution in [3.05, 3.63) is 18.5 Å². The largest absolute Gasteiger partial charge is 0.486 e. The van der Waals surface area contributed by atoms with Gasteiger partial charge < -0.3 is 10.1 Å². The van der Waals surface area contributed by atoms with Crippen LogP contribution in [0.2, 0.25) is 0 Å². The molecular weight excluding hydrogens is 316 g/mol. The molecular formula is C16H24N2O4S. The van der Waals surface area contributed by atoms with Crippen molar-refractivity contribution in [2.75, 3.05) is 11.1 Å². The van der Waals surface area contributed by atoms with Gasteiger partial charge in [-0.15, -0.1) is 0 Å². The van der Waals surface area contributed by atoms with Gasteiger partial charge in [-0.2, -0.15) is 0 Å². The Hall–Kier alpha value is -1.63. The van der Waals surface area contributed by atoms with E-state index in [9.17, 15) is 13.2 Å². The van der Waals surface area contributed by atoms with E-state index in [-0.39, 0.29) is 5.25 Å². The molecule has 0 aliphatic heterocycles. The molecule has 23 heavy (non-hydrogen) atoms. The van der Waals surface area contributed by atoms with Crippen molar-refractivity contribution in [1.29, 1.82) is 0 Å². The molecule has 1 aliphatic rings. The molecule has 0 bridgehead atoms. The Bertz CT molecular complexity index is 659. The molecule has 6 nitrogen and oxygen atoms in total. The number of hydrogen-bond acceptors (Lipinski definition) is 5. The number of rotatable bonds is 5. The smallest absolute Gasteiger partial charge is 0.239 e. The van der Waals surface area contributed by atoms with Crippen molar-refractivity contribution >= 4 is 21.4 Å². The Morgan fingerprint density at radius 3 is 2.61 bits per heavy atom. The second kappa shape index (κ2) is 6.86. The van der Waals surface area contributed by atoms with E-state index in [2.05, 4.69) is 10.3 Å². The minimum absolute atomic E-state index is 0.382. The third-order valence-electron chi connectivity index (χ3n) is 3.61. The highest BCUT2D eigenvalue weighted by molar-refractivity contribution is 7.92. The summed E-state index contributed by atoms with van der Waals surface area (Å²) in [4.78, 5) is 16.1. The number of ether oxygens (including phenoxy) is 1. The molecule has 7 heteroatoms. The van der Waals surface area contributed by atoms with Gasteiger partial charge >= 0.3 is 0 Å². The average Bonchev–Trinajstić information content (AvgIpc) is 2.93. The SMILES string of the molecule is CC(C)(C)Oc1ccncc1NC(=O)CS(=O)(=O)C1CCCC1. The van der Waals surface area contributed by atoms with E-state index in [0.717, 1.165) is 12.8 Å². The van der Waals surface area contributed by atoms with Gasteiger partial charge in [-0.05, 0) is 33.6 Å². The summed E-state index contributed by atoms with van der Waals surface area (Å²) in [6.07, 6.45) is 6.16. The van der Waals surface area contributed by atoms with Crippen LogP contribution in [-0.2, 0) is 14.6 Å². The van der Waals surface area contributed by atoms with Gasteiger partial charge in [-0.25, -0.2) is 8.42 Å². The number of sulfone groups is 1. The third kappa shape index (κ3) is 5.20. The Labute approximate surface area is 137 Å². The second-order valence-electron chi connectivity index (χ2n) is 6.85. The topological polar surface area (TPSA) is 85.4 Å². The maximum absolute atomic E-state index is 12.2. The second-order valence-corrected chi connectivity index (χ2v) is 9.13. The zero-order valence-corrected chi connectivity index (χ0v) is 14.6. The summed E-state index contributed by atoms with van der Waals surface area (Å²) in [7, 11) is -3.40. The van der Waals surface area contributed by atoms with Crippen molar-refractivity contribution in [2.45, 2.75) is 57.3 Å². The Morgan fingerprint density at radius 2 is 2.00 bits per heavy atom. The summed E-state index contributed by atoms with van der Waals surface area (Å²) < 4.78 is 30.2. The van der Waals surface area contributed by atoms with Gasteiger partial charge in [0.05, 0.1) is 11.4 Å². The first-order valence-corrected chi connectivity index (χ1v) is 9.53. The zero-order valence-electron chi connectivity index (χ0n) is 13.8. The maximum atomic E-state index is 12.2. The summed E-state index contributed by atoms with van der Waals surface area (Å²) >= 11 is 0. The van der Waals surface area contributed by atoms with Crippen molar-refractivity contribution in [3.63, 3.8) is 0 Å². The van der Waals surface area contributed by atoms with Crippen molar-refractivity contribution in [2.24, 2.45) is 0 Å². The summed E-state index contributed by atoms with van der Waals surface area (Å²) in [5.41, 5.74) is -0.0504. The number of nitrogens with zero attached hydrogens (tertiary/aromatic N) is 1. The molecule has 0 atom stereocenters. The molecule has 1 N–H and O–H groups in total. The predicted molar refractivity (Wildman–Crippen MR) is 89.3 cm³/mol. The number of pyridine rings is 1. The summed E-state index contributed by atoms with van der Waals surface area (Å²) in [6, 6.07) is 1.65. The van der Waals surface area contributed by atoms with Crippen molar-refractivity contribution < 1.29 is 17.9 Å². The lowest BCUT2D eigenvalue weighted by molar-refractivity contribution is -0.113. The molecule has 1 aromatic heterocycles. The lowest BCUT2D eigenvalue weighted by Gasteiger charge is -2.23. The van der Waals surface area contributed by atoms with E-state index in [1.54, 1.807) is 12.3 Å². The minimum atomic E-state index is -3.40. The fourth-order valence-electron chi connectivity index (χ4n) is 2.63. The Balaban J connectivity index is 2.06. The summed E-state index contributed by atoms with van der Waals surface area (Å²) in [5, 5.41) is 2.23. The molecule has 2 rings (SSSR count). The van der Waals surface area contributed by atoms with Gasteiger partial charge in [0.2, 0.25) is 5.91 Å². The quantitative estimate of drug-likeness (QED) is 0.890. The van der Waals surface area contributed by atoms with Crippen LogP contribution in [0.3, 0.4) is 0 Å². The fraction of sp³-hybridized carbons (Fsp3) is 0.625.